The first-order chi connectivity index (χ1) is 13.7. The zero-order chi connectivity index (χ0) is 20.6. The maximum absolute atomic E-state index is 12.1. The fourth-order valence-corrected chi connectivity index (χ4v) is 3.46. The van der Waals surface area contributed by atoms with Crippen molar-refractivity contribution in [3.8, 4) is 0 Å². The van der Waals surface area contributed by atoms with E-state index in [9.17, 15) is 9.59 Å². The zero-order valence-corrected chi connectivity index (χ0v) is 21.5. The van der Waals surface area contributed by atoms with Crippen molar-refractivity contribution in [2.75, 3.05) is 59.2 Å². The maximum atomic E-state index is 12.1. The van der Waals surface area contributed by atoms with E-state index >= 15 is 0 Å². The summed E-state index contributed by atoms with van der Waals surface area (Å²) in [5.41, 5.74) is 0. The largest absolute Gasteiger partial charge is 0.662 e. The van der Waals surface area contributed by atoms with Crippen LogP contribution in [0.4, 0.5) is 0 Å². The number of likely N-dealkylation sites (tertiary alicyclic amines) is 1. The van der Waals surface area contributed by atoms with Crippen molar-refractivity contribution in [1.29, 1.82) is 0 Å². The van der Waals surface area contributed by atoms with Crippen molar-refractivity contribution >= 4 is 11.8 Å². The number of piperidine rings is 2. The molecule has 0 aromatic rings. The molecule has 2 aliphatic heterocycles. The molecule has 0 aliphatic carbocycles. The number of nitrogens with one attached hydrogen (secondary N) is 1. The molecule has 2 amide bonds. The van der Waals surface area contributed by atoms with Gasteiger partial charge in [-0.25, -0.2) is 0 Å². The maximum Gasteiger partial charge on any atom is 0.248 e. The van der Waals surface area contributed by atoms with Gasteiger partial charge < -0.3 is 25.0 Å². The van der Waals surface area contributed by atoms with Crippen molar-refractivity contribution in [2.45, 2.75) is 52.9 Å². The molecule has 167 valence electrons. The van der Waals surface area contributed by atoms with Gasteiger partial charge in [0, 0.05) is 58.3 Å². The number of carbonyl (C=O) groups is 2. The van der Waals surface area contributed by atoms with Gasteiger partial charge >= 0.3 is 0 Å². The van der Waals surface area contributed by atoms with Crippen molar-refractivity contribution in [1.82, 2.24) is 10.2 Å². The molecule has 0 atom stereocenters. The Kier molecular flexibility index (Phi) is 18.6. The van der Waals surface area contributed by atoms with Crippen LogP contribution in [0.2, 0.25) is 0 Å². The van der Waals surface area contributed by atoms with Gasteiger partial charge in [0.25, 0.3) is 0 Å². The van der Waals surface area contributed by atoms with Gasteiger partial charge in [0.05, 0.1) is 19.8 Å². The van der Waals surface area contributed by atoms with Crippen molar-refractivity contribution in [3.63, 3.8) is 0 Å². The summed E-state index contributed by atoms with van der Waals surface area (Å²) < 4.78 is 10.9. The number of carbonyl (C=O) groups excluding carboxylic acids is 2. The van der Waals surface area contributed by atoms with E-state index in [1.165, 1.54) is 6.42 Å². The fraction of sp³-hybridized carbons (Fsp3) is 0.905. The van der Waals surface area contributed by atoms with E-state index in [0.717, 1.165) is 57.8 Å². The van der Waals surface area contributed by atoms with Crippen LogP contribution in [-0.4, -0.2) is 75.9 Å². The molecular formula is C21H40N3O4Y-. The van der Waals surface area contributed by atoms with Crippen LogP contribution in [0.5, 0.6) is 0 Å². The predicted octanol–water partition coefficient (Wildman–Crippen LogP) is 2.59. The van der Waals surface area contributed by atoms with E-state index in [1.54, 1.807) is 0 Å². The second-order valence-corrected chi connectivity index (χ2v) is 7.13. The molecule has 0 unspecified atom stereocenters. The molecule has 0 bridgehead atoms. The summed E-state index contributed by atoms with van der Waals surface area (Å²) in [6.07, 6.45) is 5.11. The molecule has 29 heavy (non-hydrogen) atoms. The minimum atomic E-state index is 0. The summed E-state index contributed by atoms with van der Waals surface area (Å²) in [6, 6.07) is 0. The van der Waals surface area contributed by atoms with Crippen LogP contribution < -0.4 is 5.32 Å². The minimum Gasteiger partial charge on any atom is -0.662 e. The number of hydrogen-bond donors (Lipinski definition) is 1. The summed E-state index contributed by atoms with van der Waals surface area (Å²) in [4.78, 5) is 25.9. The molecule has 1 N–H and O–H groups in total. The SMILES string of the molecule is CC.CCC1CCN(C(=O)COCCOCCNC(=O)C2CC[N-]CC2)CC1.[Y]. The molecule has 0 aromatic heterocycles. The van der Waals surface area contributed by atoms with Crippen LogP contribution in [0.3, 0.4) is 0 Å². The van der Waals surface area contributed by atoms with E-state index in [2.05, 4.69) is 17.6 Å². The summed E-state index contributed by atoms with van der Waals surface area (Å²) in [5, 5.41) is 7.16. The van der Waals surface area contributed by atoms with Crippen LogP contribution in [0.1, 0.15) is 52.9 Å². The average Bonchev–Trinajstić information content (AvgIpc) is 2.77. The number of hydrogen-bond acceptors (Lipinski definition) is 4. The molecule has 2 saturated heterocycles. The summed E-state index contributed by atoms with van der Waals surface area (Å²) >= 11 is 0. The Labute approximate surface area is 202 Å². The second-order valence-electron chi connectivity index (χ2n) is 7.13. The first kappa shape index (κ1) is 28.9. The van der Waals surface area contributed by atoms with Gasteiger partial charge in [-0.3, -0.25) is 9.59 Å². The molecule has 7 nitrogen and oxygen atoms in total. The monoisotopic (exact) mass is 487 g/mol. The third-order valence-corrected chi connectivity index (χ3v) is 5.33. The van der Waals surface area contributed by atoms with Crippen LogP contribution in [0, 0.1) is 11.8 Å². The third-order valence-electron chi connectivity index (χ3n) is 5.33. The molecule has 0 spiro atoms. The molecule has 2 aliphatic rings. The van der Waals surface area contributed by atoms with Gasteiger partial charge in [0.15, 0.2) is 0 Å². The molecule has 2 heterocycles. The summed E-state index contributed by atoms with van der Waals surface area (Å²) in [6.45, 7) is 11.4. The van der Waals surface area contributed by atoms with Gasteiger partial charge in [-0.1, -0.05) is 40.0 Å². The first-order valence-corrected chi connectivity index (χ1v) is 11.0. The Bertz CT molecular complexity index is 426. The molecular weight excluding hydrogens is 447 g/mol. The van der Waals surface area contributed by atoms with Gasteiger partial charge in [0.2, 0.25) is 11.8 Å². The number of rotatable bonds is 10. The normalized spacial score (nSPS) is 17.7. The van der Waals surface area contributed by atoms with E-state index < -0.39 is 0 Å². The number of ether oxygens (including phenoxy) is 2. The second kappa shape index (κ2) is 18.7. The topological polar surface area (TPSA) is 82.0 Å². The minimum absolute atomic E-state index is 0. The van der Waals surface area contributed by atoms with Crippen LogP contribution in [0.25, 0.3) is 5.32 Å². The van der Waals surface area contributed by atoms with Crippen molar-refractivity contribution < 1.29 is 51.8 Å². The summed E-state index contributed by atoms with van der Waals surface area (Å²) in [5.74, 6) is 1.05. The standard InChI is InChI=1S/C19H34N3O4.C2H6.Y/c1-2-16-5-10-22(11-6-16)18(23)15-26-14-13-25-12-9-21-19(24)17-3-7-20-8-4-17;1-2;/h16-17H,2-15H2,1H3,(H,21,24);1-2H3;/q-1;;. The Morgan fingerprint density at radius 1 is 1.00 bits per heavy atom. The first-order valence-electron chi connectivity index (χ1n) is 11.0. The molecule has 8 heteroatoms. The Morgan fingerprint density at radius 3 is 2.24 bits per heavy atom. The van der Waals surface area contributed by atoms with Gasteiger partial charge in [-0.05, 0) is 18.8 Å². The van der Waals surface area contributed by atoms with Gasteiger partial charge in [-0.15, -0.1) is 13.1 Å². The molecule has 0 aromatic carbocycles. The van der Waals surface area contributed by atoms with E-state index in [1.807, 2.05) is 18.7 Å². The van der Waals surface area contributed by atoms with Gasteiger partial charge in [0.1, 0.15) is 6.61 Å². The average molecular weight is 487 g/mol. The van der Waals surface area contributed by atoms with Crippen LogP contribution >= 0.6 is 0 Å². The van der Waals surface area contributed by atoms with Crippen molar-refractivity contribution in [3.05, 3.63) is 5.32 Å². The zero-order valence-electron chi connectivity index (χ0n) is 18.7. The predicted molar refractivity (Wildman–Crippen MR) is 111 cm³/mol. The Hall–Kier alpha value is -0.0761. The molecule has 0 saturated carbocycles. The number of amides is 2. The van der Waals surface area contributed by atoms with Crippen molar-refractivity contribution in [2.24, 2.45) is 11.8 Å². The third kappa shape index (κ3) is 12.4. The summed E-state index contributed by atoms with van der Waals surface area (Å²) in [7, 11) is 0. The van der Waals surface area contributed by atoms with E-state index in [4.69, 9.17) is 9.47 Å². The Balaban J connectivity index is 0.00000253. The Morgan fingerprint density at radius 2 is 1.62 bits per heavy atom. The van der Waals surface area contributed by atoms with E-state index in [0.29, 0.717) is 26.4 Å². The van der Waals surface area contributed by atoms with Gasteiger partial charge in [-0.2, -0.15) is 0 Å². The molecule has 1 radical (unpaired) electrons. The molecule has 2 fully saturated rings. The van der Waals surface area contributed by atoms with Crippen LogP contribution in [0.15, 0.2) is 0 Å². The van der Waals surface area contributed by atoms with Crippen LogP contribution in [-0.2, 0) is 51.8 Å². The number of nitrogens with zero attached hydrogens (tertiary/aromatic N) is 2. The fourth-order valence-electron chi connectivity index (χ4n) is 3.46. The van der Waals surface area contributed by atoms with E-state index in [-0.39, 0.29) is 57.0 Å². The smallest absolute Gasteiger partial charge is 0.248 e. The molecule has 2 rings (SSSR count). The quantitative estimate of drug-likeness (QED) is 0.481.